The van der Waals surface area contributed by atoms with Crippen LogP contribution in [0.25, 0.3) is 0 Å². The third-order valence-corrected chi connectivity index (χ3v) is 5.04. The summed E-state index contributed by atoms with van der Waals surface area (Å²) in [4.78, 5) is 13.0. The lowest BCUT2D eigenvalue weighted by molar-refractivity contribution is 0.0353. The van der Waals surface area contributed by atoms with Crippen LogP contribution in [-0.2, 0) is 11.2 Å². The molecule has 0 spiro atoms. The van der Waals surface area contributed by atoms with Crippen molar-refractivity contribution >= 4 is 33.0 Å². The van der Waals surface area contributed by atoms with Gasteiger partial charge in [-0.15, -0.1) is 11.3 Å². The molecule has 0 radical (unpaired) electrons. The Morgan fingerprint density at radius 3 is 3.05 bits per heavy atom. The molecule has 1 aromatic heterocycles. The van der Waals surface area contributed by atoms with Gasteiger partial charge in [-0.05, 0) is 39.5 Å². The Morgan fingerprint density at radius 2 is 2.26 bits per heavy atom. The molecule has 1 atom stereocenters. The van der Waals surface area contributed by atoms with Crippen LogP contribution < -0.4 is 0 Å². The molecule has 19 heavy (non-hydrogen) atoms. The molecule has 0 amide bonds. The Bertz CT molecular complexity index is 606. The standard InChI is InChI=1S/C15H13BrO2S/c16-11-7-15(19-9-11)13(17)8-14-12-4-2-1-3-10(12)5-6-18-14/h1-4,7,9,14H,5-6,8H2. The average Bonchev–Trinajstić information content (AvgIpc) is 2.86. The zero-order valence-corrected chi connectivity index (χ0v) is 12.7. The first-order valence-corrected chi connectivity index (χ1v) is 7.88. The minimum absolute atomic E-state index is 0.0988. The molecule has 0 fully saturated rings. The third-order valence-electron chi connectivity index (χ3n) is 3.31. The molecule has 2 aromatic rings. The summed E-state index contributed by atoms with van der Waals surface area (Å²) in [6.07, 6.45) is 1.26. The van der Waals surface area contributed by atoms with Gasteiger partial charge in [0.25, 0.3) is 0 Å². The fourth-order valence-electron chi connectivity index (χ4n) is 2.37. The van der Waals surface area contributed by atoms with Crippen LogP contribution in [0.1, 0.15) is 33.3 Å². The molecule has 98 valence electrons. The van der Waals surface area contributed by atoms with E-state index in [2.05, 4.69) is 28.1 Å². The van der Waals surface area contributed by atoms with E-state index in [4.69, 9.17) is 4.74 Å². The Hall–Kier alpha value is -0.970. The number of ether oxygens (including phenoxy) is 1. The minimum Gasteiger partial charge on any atom is -0.373 e. The second-order valence-electron chi connectivity index (χ2n) is 4.56. The van der Waals surface area contributed by atoms with Crippen LogP contribution in [0.15, 0.2) is 40.2 Å². The van der Waals surface area contributed by atoms with Crippen LogP contribution in [0.2, 0.25) is 0 Å². The number of thiophene rings is 1. The summed E-state index contributed by atoms with van der Waals surface area (Å²) >= 11 is 4.85. The monoisotopic (exact) mass is 336 g/mol. The van der Waals surface area contributed by atoms with Crippen molar-refractivity contribution < 1.29 is 9.53 Å². The molecular formula is C15H13BrO2S. The Labute approximate surface area is 124 Å². The maximum Gasteiger partial charge on any atom is 0.175 e. The largest absolute Gasteiger partial charge is 0.373 e. The Morgan fingerprint density at radius 1 is 1.42 bits per heavy atom. The van der Waals surface area contributed by atoms with Crippen LogP contribution in [0.4, 0.5) is 0 Å². The molecule has 2 nitrogen and oxygen atoms in total. The van der Waals surface area contributed by atoms with Crippen LogP contribution in [0, 0.1) is 0 Å². The van der Waals surface area contributed by atoms with Gasteiger partial charge in [-0.2, -0.15) is 0 Å². The van der Waals surface area contributed by atoms with Crippen LogP contribution in [0.3, 0.4) is 0 Å². The molecule has 0 aliphatic carbocycles. The summed E-state index contributed by atoms with van der Waals surface area (Å²) in [6, 6.07) is 10.1. The van der Waals surface area contributed by atoms with E-state index in [1.165, 1.54) is 16.9 Å². The summed E-state index contributed by atoms with van der Waals surface area (Å²) in [5, 5.41) is 1.93. The van der Waals surface area contributed by atoms with Crippen molar-refractivity contribution in [1.82, 2.24) is 0 Å². The molecule has 0 bridgehead atoms. The van der Waals surface area contributed by atoms with E-state index in [1.807, 2.05) is 23.6 Å². The van der Waals surface area contributed by atoms with Crippen molar-refractivity contribution in [3.05, 3.63) is 56.2 Å². The van der Waals surface area contributed by atoms with Crippen molar-refractivity contribution in [1.29, 1.82) is 0 Å². The van der Waals surface area contributed by atoms with Crippen molar-refractivity contribution in [3.63, 3.8) is 0 Å². The van der Waals surface area contributed by atoms with Crippen molar-refractivity contribution in [2.75, 3.05) is 6.61 Å². The van der Waals surface area contributed by atoms with Gasteiger partial charge in [0.2, 0.25) is 0 Å². The number of hydrogen-bond acceptors (Lipinski definition) is 3. The zero-order valence-electron chi connectivity index (χ0n) is 10.3. The summed E-state index contributed by atoms with van der Waals surface area (Å²) < 4.78 is 6.74. The van der Waals surface area contributed by atoms with E-state index in [9.17, 15) is 4.79 Å². The molecule has 1 aliphatic heterocycles. The minimum atomic E-state index is -0.0988. The topological polar surface area (TPSA) is 26.3 Å². The summed E-state index contributed by atoms with van der Waals surface area (Å²) in [6.45, 7) is 0.698. The van der Waals surface area contributed by atoms with E-state index in [0.717, 1.165) is 21.3 Å². The molecule has 0 saturated carbocycles. The van der Waals surface area contributed by atoms with Gasteiger partial charge in [0.05, 0.1) is 17.6 Å². The average molecular weight is 337 g/mol. The number of rotatable bonds is 3. The van der Waals surface area contributed by atoms with Crippen molar-refractivity contribution in [3.8, 4) is 0 Å². The molecule has 3 rings (SSSR count). The fourth-order valence-corrected chi connectivity index (χ4v) is 3.75. The first-order valence-electron chi connectivity index (χ1n) is 6.20. The predicted octanol–water partition coefficient (Wildman–Crippen LogP) is 4.40. The second kappa shape index (κ2) is 5.57. The van der Waals surface area contributed by atoms with Gasteiger partial charge in [-0.3, -0.25) is 4.79 Å². The van der Waals surface area contributed by atoms with Crippen molar-refractivity contribution in [2.45, 2.75) is 18.9 Å². The van der Waals surface area contributed by atoms with Gasteiger partial charge in [0, 0.05) is 16.3 Å². The summed E-state index contributed by atoms with van der Waals surface area (Å²) in [5.74, 6) is 0.150. The fraction of sp³-hybridized carbons (Fsp3) is 0.267. The van der Waals surface area contributed by atoms with E-state index >= 15 is 0 Å². The lowest BCUT2D eigenvalue weighted by Gasteiger charge is -2.25. The molecule has 1 aromatic carbocycles. The molecule has 1 unspecified atom stereocenters. The van der Waals surface area contributed by atoms with Gasteiger partial charge in [-0.1, -0.05) is 24.3 Å². The molecule has 0 saturated heterocycles. The van der Waals surface area contributed by atoms with Gasteiger partial charge < -0.3 is 4.74 Å². The zero-order chi connectivity index (χ0) is 13.2. The van der Waals surface area contributed by atoms with Crippen LogP contribution in [-0.4, -0.2) is 12.4 Å². The van der Waals surface area contributed by atoms with Gasteiger partial charge >= 0.3 is 0 Å². The number of fused-ring (bicyclic) bond motifs is 1. The van der Waals surface area contributed by atoms with Crippen molar-refractivity contribution in [2.24, 2.45) is 0 Å². The molecule has 2 heterocycles. The van der Waals surface area contributed by atoms with Gasteiger partial charge in [0.1, 0.15) is 0 Å². The highest BCUT2D eigenvalue weighted by Crippen LogP contribution is 2.31. The van der Waals surface area contributed by atoms with E-state index in [-0.39, 0.29) is 11.9 Å². The highest BCUT2D eigenvalue weighted by Gasteiger charge is 2.24. The van der Waals surface area contributed by atoms with Crippen LogP contribution >= 0.6 is 27.3 Å². The highest BCUT2D eigenvalue weighted by molar-refractivity contribution is 9.10. The van der Waals surface area contributed by atoms with Gasteiger partial charge in [-0.25, -0.2) is 0 Å². The quantitative estimate of drug-likeness (QED) is 0.776. The second-order valence-corrected chi connectivity index (χ2v) is 6.39. The smallest absolute Gasteiger partial charge is 0.175 e. The summed E-state index contributed by atoms with van der Waals surface area (Å²) in [7, 11) is 0. The maximum absolute atomic E-state index is 12.2. The number of ketones is 1. The Kier molecular flexibility index (Phi) is 3.82. The lowest BCUT2D eigenvalue weighted by atomic mass is 9.94. The lowest BCUT2D eigenvalue weighted by Crippen LogP contribution is -2.18. The number of halogens is 1. The maximum atomic E-state index is 12.2. The van der Waals surface area contributed by atoms with Crippen LogP contribution in [0.5, 0.6) is 0 Å². The molecule has 0 N–H and O–H groups in total. The SMILES string of the molecule is O=C(CC1OCCc2ccccc21)c1cc(Br)cs1. The molecular weight excluding hydrogens is 324 g/mol. The van der Waals surface area contributed by atoms with E-state index < -0.39 is 0 Å². The van der Waals surface area contributed by atoms with Gasteiger partial charge in [0.15, 0.2) is 5.78 Å². The number of carbonyl (C=O) groups is 1. The normalized spacial score (nSPS) is 18.1. The summed E-state index contributed by atoms with van der Waals surface area (Å²) in [5.41, 5.74) is 2.47. The number of carbonyl (C=O) groups excluding carboxylic acids is 1. The first-order chi connectivity index (χ1) is 9.24. The number of benzene rings is 1. The number of hydrogen-bond donors (Lipinski definition) is 0. The third kappa shape index (κ3) is 2.81. The van der Waals surface area contributed by atoms with E-state index in [1.54, 1.807) is 0 Å². The van der Waals surface area contributed by atoms with E-state index in [0.29, 0.717) is 13.0 Å². The molecule has 4 heteroatoms. The first kappa shape index (κ1) is 13.0. The predicted molar refractivity (Wildman–Crippen MR) is 79.8 cm³/mol. The molecule has 1 aliphatic rings. The Balaban J connectivity index is 1.79. The highest BCUT2D eigenvalue weighted by atomic mass is 79.9. The number of Topliss-reactive ketones (excluding diaryl/α,β-unsaturated/α-hetero) is 1.